The molecule has 0 saturated heterocycles. The van der Waals surface area contributed by atoms with Gasteiger partial charge in [-0.25, -0.2) is 4.79 Å². The van der Waals surface area contributed by atoms with Crippen LogP contribution in [0.4, 0.5) is 0 Å². The highest BCUT2D eigenvalue weighted by Crippen LogP contribution is 2.29. The molecule has 0 N–H and O–H groups in total. The Morgan fingerprint density at radius 3 is 2.74 bits per heavy atom. The van der Waals surface area contributed by atoms with Gasteiger partial charge in [-0.3, -0.25) is 0 Å². The van der Waals surface area contributed by atoms with Crippen molar-refractivity contribution in [2.45, 2.75) is 6.92 Å². The molecule has 0 saturated carbocycles. The van der Waals surface area contributed by atoms with Crippen LogP contribution in [0.3, 0.4) is 0 Å². The van der Waals surface area contributed by atoms with E-state index in [4.69, 9.17) is 4.74 Å². The zero-order valence-electron chi connectivity index (χ0n) is 11.1. The van der Waals surface area contributed by atoms with Crippen LogP contribution in [0.1, 0.15) is 12.5 Å². The van der Waals surface area contributed by atoms with E-state index < -0.39 is 0 Å². The monoisotopic (exact) mass is 256 g/mol. The number of carbonyl (C=O) groups is 1. The van der Waals surface area contributed by atoms with E-state index in [2.05, 4.69) is 4.74 Å². The Kier molecular flexibility index (Phi) is 4.18. The SMILES string of the molecule is CCOc1ccc2ccccc2c1C=CC(=O)OC. The third-order valence-corrected chi connectivity index (χ3v) is 2.82. The predicted molar refractivity (Wildman–Crippen MR) is 76.2 cm³/mol. The summed E-state index contributed by atoms with van der Waals surface area (Å²) < 4.78 is 10.2. The van der Waals surface area contributed by atoms with Crippen LogP contribution in [0.5, 0.6) is 5.75 Å². The molecular weight excluding hydrogens is 240 g/mol. The number of carbonyl (C=O) groups excluding carboxylic acids is 1. The van der Waals surface area contributed by atoms with Crippen molar-refractivity contribution in [1.82, 2.24) is 0 Å². The Morgan fingerprint density at radius 1 is 1.21 bits per heavy atom. The van der Waals surface area contributed by atoms with E-state index in [0.717, 1.165) is 22.1 Å². The molecule has 3 nitrogen and oxygen atoms in total. The zero-order chi connectivity index (χ0) is 13.7. The van der Waals surface area contributed by atoms with Gasteiger partial charge in [0.25, 0.3) is 0 Å². The molecular formula is C16H16O3. The standard InChI is InChI=1S/C16H16O3/c1-3-19-15-10-8-12-6-4-5-7-13(12)14(15)9-11-16(17)18-2/h4-11H,3H2,1-2H3. The Morgan fingerprint density at radius 2 is 2.00 bits per heavy atom. The Hall–Kier alpha value is -2.29. The van der Waals surface area contributed by atoms with E-state index >= 15 is 0 Å². The maximum atomic E-state index is 11.2. The molecule has 2 aromatic rings. The first kappa shape index (κ1) is 13.1. The minimum absolute atomic E-state index is 0.379. The second kappa shape index (κ2) is 6.05. The van der Waals surface area contributed by atoms with Gasteiger partial charge in [0.1, 0.15) is 5.75 Å². The van der Waals surface area contributed by atoms with E-state index in [1.807, 2.05) is 43.3 Å². The minimum Gasteiger partial charge on any atom is -0.493 e. The molecule has 3 heteroatoms. The molecule has 0 aliphatic rings. The quantitative estimate of drug-likeness (QED) is 0.621. The Bertz CT molecular complexity index is 614. The smallest absolute Gasteiger partial charge is 0.330 e. The normalized spacial score (nSPS) is 10.8. The summed E-state index contributed by atoms with van der Waals surface area (Å²) in [5.74, 6) is 0.386. The molecule has 0 aromatic heterocycles. The van der Waals surface area contributed by atoms with Crippen molar-refractivity contribution >= 4 is 22.8 Å². The van der Waals surface area contributed by atoms with Crippen LogP contribution in [-0.4, -0.2) is 19.7 Å². The van der Waals surface area contributed by atoms with Crippen molar-refractivity contribution < 1.29 is 14.3 Å². The molecule has 98 valence electrons. The van der Waals surface area contributed by atoms with Crippen molar-refractivity contribution in [3.05, 3.63) is 48.0 Å². The number of ether oxygens (including phenoxy) is 2. The summed E-state index contributed by atoms with van der Waals surface area (Å²) >= 11 is 0. The van der Waals surface area contributed by atoms with Gasteiger partial charge in [-0.05, 0) is 29.8 Å². The average molecular weight is 256 g/mol. The third-order valence-electron chi connectivity index (χ3n) is 2.82. The van der Waals surface area contributed by atoms with E-state index in [1.165, 1.54) is 13.2 Å². The third kappa shape index (κ3) is 2.94. The van der Waals surface area contributed by atoms with E-state index in [1.54, 1.807) is 6.08 Å². The lowest BCUT2D eigenvalue weighted by Gasteiger charge is -2.10. The fourth-order valence-electron chi connectivity index (χ4n) is 1.95. The van der Waals surface area contributed by atoms with Crippen LogP contribution >= 0.6 is 0 Å². The molecule has 0 spiro atoms. The van der Waals surface area contributed by atoms with Gasteiger partial charge < -0.3 is 9.47 Å². The second-order valence-electron chi connectivity index (χ2n) is 3.99. The highest BCUT2D eigenvalue weighted by atomic mass is 16.5. The summed E-state index contributed by atoms with van der Waals surface area (Å²) in [7, 11) is 1.36. The molecule has 19 heavy (non-hydrogen) atoms. The highest BCUT2D eigenvalue weighted by Gasteiger charge is 2.06. The predicted octanol–water partition coefficient (Wildman–Crippen LogP) is 3.42. The number of methoxy groups -OCH3 is 1. The Labute approximate surface area is 112 Å². The first-order valence-electron chi connectivity index (χ1n) is 6.17. The van der Waals surface area contributed by atoms with Crippen molar-refractivity contribution in [2.24, 2.45) is 0 Å². The van der Waals surface area contributed by atoms with Crippen LogP contribution in [0, 0.1) is 0 Å². The topological polar surface area (TPSA) is 35.5 Å². The summed E-state index contributed by atoms with van der Waals surface area (Å²) in [6.07, 6.45) is 3.14. The first-order valence-corrected chi connectivity index (χ1v) is 6.17. The molecule has 2 rings (SSSR count). The molecule has 0 fully saturated rings. The number of esters is 1. The summed E-state index contributed by atoms with van der Waals surface area (Å²) in [5.41, 5.74) is 0.894. The molecule has 2 aromatic carbocycles. The number of rotatable bonds is 4. The van der Waals surface area contributed by atoms with Crippen LogP contribution in [0.25, 0.3) is 16.8 Å². The molecule has 0 radical (unpaired) electrons. The summed E-state index contributed by atoms with van der Waals surface area (Å²) in [4.78, 5) is 11.2. The molecule has 0 aliphatic carbocycles. The number of fused-ring (bicyclic) bond motifs is 1. The second-order valence-corrected chi connectivity index (χ2v) is 3.99. The van der Waals surface area contributed by atoms with E-state index in [0.29, 0.717) is 6.61 Å². The maximum absolute atomic E-state index is 11.2. The van der Waals surface area contributed by atoms with Gasteiger partial charge in [0, 0.05) is 11.6 Å². The van der Waals surface area contributed by atoms with Gasteiger partial charge in [-0.15, -0.1) is 0 Å². The van der Waals surface area contributed by atoms with Crippen LogP contribution < -0.4 is 4.74 Å². The van der Waals surface area contributed by atoms with Gasteiger partial charge in [0.2, 0.25) is 0 Å². The number of benzene rings is 2. The summed E-state index contributed by atoms with van der Waals surface area (Å²) in [6, 6.07) is 11.9. The number of hydrogen-bond donors (Lipinski definition) is 0. The van der Waals surface area contributed by atoms with Crippen molar-refractivity contribution in [1.29, 1.82) is 0 Å². The van der Waals surface area contributed by atoms with E-state index in [-0.39, 0.29) is 5.97 Å². The van der Waals surface area contributed by atoms with Gasteiger partial charge >= 0.3 is 5.97 Å². The molecule has 0 atom stereocenters. The molecule has 0 unspecified atom stereocenters. The lowest BCUT2D eigenvalue weighted by molar-refractivity contribution is -0.134. The largest absolute Gasteiger partial charge is 0.493 e. The summed E-state index contributed by atoms with van der Waals surface area (Å²) in [5, 5.41) is 2.16. The fourth-order valence-corrected chi connectivity index (χ4v) is 1.95. The van der Waals surface area contributed by atoms with Gasteiger partial charge in [0.05, 0.1) is 13.7 Å². The molecule has 0 heterocycles. The highest BCUT2D eigenvalue weighted by molar-refractivity contribution is 5.96. The maximum Gasteiger partial charge on any atom is 0.330 e. The lowest BCUT2D eigenvalue weighted by Crippen LogP contribution is -1.96. The zero-order valence-corrected chi connectivity index (χ0v) is 11.1. The van der Waals surface area contributed by atoms with Gasteiger partial charge in [-0.2, -0.15) is 0 Å². The fraction of sp³-hybridized carbons (Fsp3) is 0.188. The van der Waals surface area contributed by atoms with Crippen molar-refractivity contribution in [3.8, 4) is 5.75 Å². The first-order chi connectivity index (χ1) is 9.26. The minimum atomic E-state index is -0.379. The van der Waals surface area contributed by atoms with Crippen molar-refractivity contribution in [2.75, 3.05) is 13.7 Å². The van der Waals surface area contributed by atoms with E-state index in [9.17, 15) is 4.79 Å². The van der Waals surface area contributed by atoms with Crippen molar-refractivity contribution in [3.63, 3.8) is 0 Å². The summed E-state index contributed by atoms with van der Waals surface area (Å²) in [6.45, 7) is 2.51. The van der Waals surface area contributed by atoms with Crippen LogP contribution in [-0.2, 0) is 9.53 Å². The van der Waals surface area contributed by atoms with Gasteiger partial charge in [0.15, 0.2) is 0 Å². The number of hydrogen-bond acceptors (Lipinski definition) is 3. The average Bonchev–Trinajstić information content (AvgIpc) is 2.45. The molecule has 0 aliphatic heterocycles. The molecule has 0 bridgehead atoms. The molecule has 0 amide bonds. The van der Waals surface area contributed by atoms with Crippen LogP contribution in [0.15, 0.2) is 42.5 Å². The lowest BCUT2D eigenvalue weighted by atomic mass is 10.0. The Balaban J connectivity index is 2.55. The van der Waals surface area contributed by atoms with Gasteiger partial charge in [-0.1, -0.05) is 30.3 Å². The van der Waals surface area contributed by atoms with Crippen LogP contribution in [0.2, 0.25) is 0 Å².